The largest absolute Gasteiger partial charge is 0.369 e. The van der Waals surface area contributed by atoms with Crippen LogP contribution in [-0.4, -0.2) is 15.8 Å². The summed E-state index contributed by atoms with van der Waals surface area (Å²) in [4.78, 5) is 18.9. The van der Waals surface area contributed by atoms with E-state index < -0.39 is 15.8 Å². The summed E-state index contributed by atoms with van der Waals surface area (Å²) in [5.41, 5.74) is 0.469. The number of halogens is 1. The summed E-state index contributed by atoms with van der Waals surface area (Å²) in [5.74, 6) is -0.861. The van der Waals surface area contributed by atoms with Gasteiger partial charge in [0.05, 0.1) is 4.92 Å². The van der Waals surface area contributed by atoms with Gasteiger partial charge in [0, 0.05) is 12.6 Å². The van der Waals surface area contributed by atoms with Crippen LogP contribution in [0.1, 0.15) is 6.92 Å². The Morgan fingerprint density at radius 2 is 2.00 bits per heavy atom. The van der Waals surface area contributed by atoms with Crippen LogP contribution >= 0.6 is 11.6 Å². The lowest BCUT2D eigenvalue weighted by Crippen LogP contribution is -2.41. The van der Waals surface area contributed by atoms with Gasteiger partial charge < -0.3 is 5.32 Å². The number of hydrogen-bond donors (Lipinski definition) is 1. The van der Waals surface area contributed by atoms with E-state index in [9.17, 15) is 14.9 Å². The van der Waals surface area contributed by atoms with Crippen LogP contribution in [0.15, 0.2) is 30.3 Å². The van der Waals surface area contributed by atoms with Crippen molar-refractivity contribution in [3.05, 3.63) is 40.4 Å². The Morgan fingerprint density at radius 3 is 2.47 bits per heavy atom. The number of para-hydroxylation sites is 1. The molecule has 0 radical (unpaired) electrons. The van der Waals surface area contributed by atoms with E-state index in [0.717, 1.165) is 6.92 Å². The number of nitrogens with zero attached hydrogens (tertiary/aromatic N) is 1. The van der Waals surface area contributed by atoms with Crippen LogP contribution < -0.4 is 5.32 Å². The zero-order chi connectivity index (χ0) is 11.5. The third kappa shape index (κ3) is 2.66. The predicted octanol–water partition coefficient (Wildman–Crippen LogP) is 1.86. The van der Waals surface area contributed by atoms with E-state index in [0.29, 0.717) is 5.69 Å². The summed E-state index contributed by atoms with van der Waals surface area (Å²) in [6.07, 6.45) is 0. The first-order chi connectivity index (χ1) is 6.94. The molecule has 0 bridgehead atoms. The average Bonchev–Trinajstić information content (AvgIpc) is 2.18. The maximum Gasteiger partial charge on any atom is 0.369 e. The van der Waals surface area contributed by atoms with Gasteiger partial charge in [0.2, 0.25) is 0 Å². The normalized spacial score (nSPS) is 14.0. The highest BCUT2D eigenvalue weighted by Gasteiger charge is 2.43. The highest BCUT2D eigenvalue weighted by Crippen LogP contribution is 2.17. The number of carbonyl (C=O) groups excluding carboxylic acids is 1. The summed E-state index contributed by atoms with van der Waals surface area (Å²) in [5, 5.41) is 12.8. The molecule has 1 rings (SSSR count). The molecule has 1 aromatic rings. The average molecular weight is 229 g/mol. The van der Waals surface area contributed by atoms with Gasteiger partial charge >= 0.3 is 10.9 Å². The van der Waals surface area contributed by atoms with Crippen LogP contribution in [-0.2, 0) is 4.79 Å². The minimum Gasteiger partial charge on any atom is -0.319 e. The second-order valence-corrected chi connectivity index (χ2v) is 3.77. The number of nitro groups is 1. The lowest BCUT2D eigenvalue weighted by molar-refractivity contribution is -0.520. The number of hydrogen-bond acceptors (Lipinski definition) is 3. The highest BCUT2D eigenvalue weighted by atomic mass is 35.5. The lowest BCUT2D eigenvalue weighted by atomic mass is 10.3. The molecule has 0 spiro atoms. The van der Waals surface area contributed by atoms with Crippen LogP contribution in [0.25, 0.3) is 0 Å². The first kappa shape index (κ1) is 11.5. The Morgan fingerprint density at radius 1 is 1.47 bits per heavy atom. The molecular formula is C9H9ClN2O3. The van der Waals surface area contributed by atoms with Crippen LogP contribution in [0.4, 0.5) is 5.69 Å². The molecule has 0 aliphatic heterocycles. The van der Waals surface area contributed by atoms with E-state index in [-0.39, 0.29) is 0 Å². The van der Waals surface area contributed by atoms with Crippen molar-refractivity contribution < 1.29 is 9.72 Å². The minimum absolute atomic E-state index is 0.469. The standard InChI is InChI=1S/C9H9ClN2O3/c1-9(10,12(14)15)8(13)11-7-5-3-2-4-6-7/h2-6H,1H3,(H,11,13). The second kappa shape index (κ2) is 4.27. The van der Waals surface area contributed by atoms with Gasteiger partial charge in [-0.25, -0.2) is 0 Å². The molecule has 0 saturated heterocycles. The van der Waals surface area contributed by atoms with Crippen molar-refractivity contribution in [2.75, 3.05) is 5.32 Å². The maximum atomic E-state index is 11.4. The first-order valence-electron chi connectivity index (χ1n) is 4.14. The Kier molecular flexibility index (Phi) is 3.26. The molecule has 1 N–H and O–H groups in total. The number of carbonyl (C=O) groups is 1. The fourth-order valence-electron chi connectivity index (χ4n) is 0.850. The molecule has 0 heterocycles. The van der Waals surface area contributed by atoms with Gasteiger partial charge in [-0.3, -0.25) is 14.9 Å². The Bertz CT molecular complexity index is 378. The topological polar surface area (TPSA) is 72.2 Å². The summed E-state index contributed by atoms with van der Waals surface area (Å²) in [6, 6.07) is 8.40. The Labute approximate surface area is 91.2 Å². The van der Waals surface area contributed by atoms with E-state index in [1.165, 1.54) is 0 Å². The minimum atomic E-state index is -2.14. The molecule has 1 atom stereocenters. The molecule has 15 heavy (non-hydrogen) atoms. The summed E-state index contributed by atoms with van der Waals surface area (Å²) >= 11 is 5.46. The molecule has 1 aromatic carbocycles. The molecule has 0 aliphatic carbocycles. The van der Waals surface area contributed by atoms with Crippen molar-refractivity contribution in [3.8, 4) is 0 Å². The quantitative estimate of drug-likeness (QED) is 0.371. The number of nitrogens with one attached hydrogen (secondary N) is 1. The van der Waals surface area contributed by atoms with Crippen molar-refractivity contribution in [1.82, 2.24) is 0 Å². The molecule has 5 nitrogen and oxygen atoms in total. The van der Waals surface area contributed by atoms with E-state index in [4.69, 9.17) is 11.6 Å². The smallest absolute Gasteiger partial charge is 0.319 e. The van der Waals surface area contributed by atoms with E-state index in [1.807, 2.05) is 0 Å². The number of amides is 1. The van der Waals surface area contributed by atoms with Crippen molar-refractivity contribution in [2.24, 2.45) is 0 Å². The SMILES string of the molecule is CC(Cl)(C(=O)Nc1ccccc1)[N+](=O)[O-]. The second-order valence-electron chi connectivity index (χ2n) is 3.03. The molecule has 80 valence electrons. The fourth-order valence-corrected chi connectivity index (χ4v) is 0.897. The zero-order valence-corrected chi connectivity index (χ0v) is 8.69. The van der Waals surface area contributed by atoms with Crippen LogP contribution in [0, 0.1) is 10.1 Å². The predicted molar refractivity (Wildman–Crippen MR) is 56.3 cm³/mol. The maximum absolute atomic E-state index is 11.4. The zero-order valence-electron chi connectivity index (χ0n) is 7.94. The molecule has 0 aromatic heterocycles. The van der Waals surface area contributed by atoms with Gasteiger partial charge in [-0.2, -0.15) is 0 Å². The summed E-state index contributed by atoms with van der Waals surface area (Å²) < 4.78 is 0. The van der Waals surface area contributed by atoms with E-state index in [1.54, 1.807) is 30.3 Å². The molecule has 0 saturated carbocycles. The van der Waals surface area contributed by atoms with Gasteiger partial charge in [-0.05, 0) is 23.7 Å². The third-order valence-corrected chi connectivity index (χ3v) is 2.10. The number of alkyl halides is 1. The first-order valence-corrected chi connectivity index (χ1v) is 4.52. The highest BCUT2D eigenvalue weighted by molar-refractivity contribution is 6.34. The van der Waals surface area contributed by atoms with E-state index in [2.05, 4.69) is 5.32 Å². The van der Waals surface area contributed by atoms with Crippen LogP contribution in [0.2, 0.25) is 0 Å². The molecular weight excluding hydrogens is 220 g/mol. The Balaban J connectivity index is 2.77. The molecule has 0 aliphatic rings. The van der Waals surface area contributed by atoms with Crippen molar-refractivity contribution >= 4 is 23.2 Å². The van der Waals surface area contributed by atoms with Gasteiger partial charge in [0.25, 0.3) is 0 Å². The van der Waals surface area contributed by atoms with Gasteiger partial charge in [0.1, 0.15) is 0 Å². The monoisotopic (exact) mass is 228 g/mol. The van der Waals surface area contributed by atoms with Crippen LogP contribution in [0.5, 0.6) is 0 Å². The Hall–Kier alpha value is -1.62. The molecule has 6 heteroatoms. The van der Waals surface area contributed by atoms with Crippen molar-refractivity contribution in [1.29, 1.82) is 0 Å². The fraction of sp³-hybridized carbons (Fsp3) is 0.222. The van der Waals surface area contributed by atoms with Gasteiger partial charge in [-0.15, -0.1) is 0 Å². The van der Waals surface area contributed by atoms with Gasteiger partial charge in [-0.1, -0.05) is 18.2 Å². The molecule has 1 unspecified atom stereocenters. The summed E-state index contributed by atoms with van der Waals surface area (Å²) in [6.45, 7) is 1.03. The number of rotatable bonds is 3. The molecule has 1 amide bonds. The number of anilines is 1. The van der Waals surface area contributed by atoms with Gasteiger partial charge in [0.15, 0.2) is 0 Å². The number of benzene rings is 1. The van der Waals surface area contributed by atoms with Crippen molar-refractivity contribution in [3.63, 3.8) is 0 Å². The van der Waals surface area contributed by atoms with E-state index >= 15 is 0 Å². The lowest BCUT2D eigenvalue weighted by Gasteiger charge is -2.12. The molecule has 0 fully saturated rings. The van der Waals surface area contributed by atoms with Crippen molar-refractivity contribution in [2.45, 2.75) is 11.9 Å². The third-order valence-electron chi connectivity index (χ3n) is 1.79. The summed E-state index contributed by atoms with van der Waals surface area (Å²) in [7, 11) is 0. The van der Waals surface area contributed by atoms with Crippen LogP contribution in [0.3, 0.4) is 0 Å².